The van der Waals surface area contributed by atoms with Gasteiger partial charge in [-0.05, 0) is 69.5 Å². The molecule has 0 bridgehead atoms. The lowest BCUT2D eigenvalue weighted by Crippen LogP contribution is -2.41. The molecule has 0 fully saturated rings. The maximum atomic E-state index is 11.8. The van der Waals surface area contributed by atoms with Gasteiger partial charge in [0.2, 0.25) is 0 Å². The van der Waals surface area contributed by atoms with Crippen molar-refractivity contribution in [2.75, 3.05) is 24.6 Å². The molecule has 1 atom stereocenters. The van der Waals surface area contributed by atoms with Gasteiger partial charge in [0.05, 0.1) is 13.2 Å². The third-order valence-corrected chi connectivity index (χ3v) is 5.70. The van der Waals surface area contributed by atoms with Crippen molar-refractivity contribution in [1.29, 1.82) is 0 Å². The summed E-state index contributed by atoms with van der Waals surface area (Å²) < 4.78 is 7.81. The Labute approximate surface area is 161 Å². The second-order valence-electron chi connectivity index (χ2n) is 7.57. The van der Waals surface area contributed by atoms with E-state index in [0.29, 0.717) is 13.2 Å². The van der Waals surface area contributed by atoms with Crippen molar-refractivity contribution in [2.24, 2.45) is 0 Å². The van der Waals surface area contributed by atoms with E-state index in [-0.39, 0.29) is 0 Å². The molecule has 0 saturated carbocycles. The number of aryl methyl sites for hydroxylation is 1. The van der Waals surface area contributed by atoms with Crippen LogP contribution in [0.3, 0.4) is 0 Å². The van der Waals surface area contributed by atoms with Gasteiger partial charge in [0, 0.05) is 12.0 Å². The van der Waals surface area contributed by atoms with Crippen molar-refractivity contribution in [2.45, 2.75) is 45.3 Å². The number of β-amino-alcohol motifs (C(OH)–C–C–N with tert-alkyl or cyclic N) is 1. The van der Waals surface area contributed by atoms with Crippen molar-refractivity contribution < 1.29 is 14.4 Å². The summed E-state index contributed by atoms with van der Waals surface area (Å²) in [4.78, 5) is 2.31. The minimum absolute atomic E-state index is 0.555. The maximum absolute atomic E-state index is 11.8. The highest BCUT2D eigenvalue weighted by Crippen LogP contribution is 2.36. The number of rotatable bonds is 4. The Balaban J connectivity index is 1.74. The van der Waals surface area contributed by atoms with E-state index >= 15 is 0 Å². The van der Waals surface area contributed by atoms with Crippen LogP contribution in [-0.2, 0) is 5.72 Å². The molecular weight excluding hydrogens is 336 g/mol. The van der Waals surface area contributed by atoms with Gasteiger partial charge in [0.15, 0.2) is 6.54 Å². The Hall–Kier alpha value is -2.33. The standard InChI is InChI=1S/C23H29N2O2/c1-3-27-21-14-10-19(11-15-21)23(26)17-24(20-12-8-18(2)9-13-20)22-7-5-4-6-16-25(22)23/h8-15,26H,3-7,16-17H2,1-2H3/q+1. The van der Waals surface area contributed by atoms with Gasteiger partial charge in [-0.1, -0.05) is 17.7 Å². The molecule has 1 N–H and O–H groups in total. The average Bonchev–Trinajstić information content (AvgIpc) is 2.84. The monoisotopic (exact) mass is 365 g/mol. The van der Waals surface area contributed by atoms with Crippen LogP contribution in [0.15, 0.2) is 48.5 Å². The number of anilines is 1. The minimum atomic E-state index is -1.00. The summed E-state index contributed by atoms with van der Waals surface area (Å²) in [6.07, 6.45) is 4.51. The number of ether oxygens (including phenoxy) is 1. The molecule has 4 rings (SSSR count). The van der Waals surface area contributed by atoms with E-state index in [2.05, 4.69) is 40.7 Å². The van der Waals surface area contributed by atoms with Gasteiger partial charge in [-0.15, -0.1) is 0 Å². The Morgan fingerprint density at radius 1 is 1.04 bits per heavy atom. The second-order valence-corrected chi connectivity index (χ2v) is 7.57. The molecule has 0 radical (unpaired) electrons. The number of aliphatic hydroxyl groups is 1. The van der Waals surface area contributed by atoms with Crippen LogP contribution < -0.4 is 9.64 Å². The third-order valence-electron chi connectivity index (χ3n) is 5.70. The predicted molar refractivity (Wildman–Crippen MR) is 109 cm³/mol. The normalized spacial score (nSPS) is 22.6. The van der Waals surface area contributed by atoms with Crippen LogP contribution in [0.5, 0.6) is 5.75 Å². The largest absolute Gasteiger partial charge is 0.494 e. The molecule has 142 valence electrons. The molecule has 2 heterocycles. The molecule has 0 spiro atoms. The topological polar surface area (TPSA) is 35.7 Å². The number of amidine groups is 1. The summed E-state index contributed by atoms with van der Waals surface area (Å²) in [6.45, 7) is 6.18. The lowest BCUT2D eigenvalue weighted by molar-refractivity contribution is -0.658. The van der Waals surface area contributed by atoms with E-state index in [1.165, 1.54) is 24.2 Å². The first-order valence-electron chi connectivity index (χ1n) is 10.1. The molecule has 0 saturated heterocycles. The van der Waals surface area contributed by atoms with Crippen molar-refractivity contribution in [3.05, 3.63) is 59.7 Å². The first kappa shape index (κ1) is 18.1. The highest BCUT2D eigenvalue weighted by molar-refractivity contribution is 5.95. The van der Waals surface area contributed by atoms with Crippen LogP contribution in [0, 0.1) is 6.92 Å². The van der Waals surface area contributed by atoms with Crippen LogP contribution in [0.2, 0.25) is 0 Å². The van der Waals surface area contributed by atoms with Gasteiger partial charge < -0.3 is 9.84 Å². The first-order chi connectivity index (χ1) is 13.1. The first-order valence-corrected chi connectivity index (χ1v) is 10.1. The molecule has 1 unspecified atom stereocenters. The fraction of sp³-hybridized carbons (Fsp3) is 0.435. The van der Waals surface area contributed by atoms with Gasteiger partial charge in [0.1, 0.15) is 11.4 Å². The van der Waals surface area contributed by atoms with E-state index in [0.717, 1.165) is 36.4 Å². The molecule has 0 amide bonds. The highest BCUT2D eigenvalue weighted by Gasteiger charge is 2.51. The van der Waals surface area contributed by atoms with Gasteiger partial charge >= 0.3 is 0 Å². The van der Waals surface area contributed by atoms with Crippen molar-refractivity contribution in [3.63, 3.8) is 0 Å². The maximum Gasteiger partial charge on any atom is 0.271 e. The van der Waals surface area contributed by atoms with Gasteiger partial charge in [-0.25, -0.2) is 9.48 Å². The number of hydrogen-bond acceptors (Lipinski definition) is 3. The number of nitrogens with zero attached hydrogens (tertiary/aromatic N) is 2. The Bertz CT molecular complexity index is 826. The fourth-order valence-corrected chi connectivity index (χ4v) is 4.27. The van der Waals surface area contributed by atoms with Crippen LogP contribution in [0.25, 0.3) is 0 Å². The lowest BCUT2D eigenvalue weighted by atomic mass is 10.0. The summed E-state index contributed by atoms with van der Waals surface area (Å²) in [7, 11) is 0. The summed E-state index contributed by atoms with van der Waals surface area (Å²) >= 11 is 0. The summed E-state index contributed by atoms with van der Waals surface area (Å²) in [5.41, 5.74) is 2.33. The second kappa shape index (κ2) is 7.35. The number of benzene rings is 2. The SMILES string of the molecule is CCOc1ccc(C2(O)CN(c3ccc(C)cc3)C3=[N+]2CCCCC3)cc1. The van der Waals surface area contributed by atoms with Crippen LogP contribution >= 0.6 is 0 Å². The zero-order chi connectivity index (χ0) is 18.9. The van der Waals surface area contributed by atoms with E-state index in [1.54, 1.807) is 0 Å². The lowest BCUT2D eigenvalue weighted by Gasteiger charge is -2.23. The van der Waals surface area contributed by atoms with Crippen molar-refractivity contribution in [3.8, 4) is 5.75 Å². The minimum Gasteiger partial charge on any atom is -0.494 e. The fourth-order valence-electron chi connectivity index (χ4n) is 4.27. The van der Waals surface area contributed by atoms with E-state index in [4.69, 9.17) is 4.74 Å². The van der Waals surface area contributed by atoms with Gasteiger partial charge in [0.25, 0.3) is 11.6 Å². The molecule has 0 aromatic heterocycles. The summed E-state index contributed by atoms with van der Waals surface area (Å²) in [5, 5.41) is 11.8. The molecule has 4 heteroatoms. The molecule has 2 aromatic carbocycles. The predicted octanol–water partition coefficient (Wildman–Crippen LogP) is 4.04. The highest BCUT2D eigenvalue weighted by atomic mass is 16.5. The smallest absolute Gasteiger partial charge is 0.271 e. The van der Waals surface area contributed by atoms with Gasteiger partial charge in [-0.2, -0.15) is 0 Å². The quantitative estimate of drug-likeness (QED) is 0.831. The van der Waals surface area contributed by atoms with Crippen molar-refractivity contribution >= 4 is 11.5 Å². The average molecular weight is 365 g/mol. The zero-order valence-electron chi connectivity index (χ0n) is 16.3. The van der Waals surface area contributed by atoms with E-state index in [1.807, 2.05) is 31.2 Å². The van der Waals surface area contributed by atoms with Crippen LogP contribution in [0.1, 0.15) is 43.7 Å². The Morgan fingerprint density at radius 2 is 1.78 bits per heavy atom. The Morgan fingerprint density at radius 3 is 2.48 bits per heavy atom. The molecule has 2 aliphatic rings. The molecule has 0 aliphatic carbocycles. The molecule has 27 heavy (non-hydrogen) atoms. The van der Waals surface area contributed by atoms with Gasteiger partial charge in [-0.3, -0.25) is 0 Å². The summed E-state index contributed by atoms with van der Waals surface area (Å²) in [6, 6.07) is 16.5. The zero-order valence-corrected chi connectivity index (χ0v) is 16.3. The van der Waals surface area contributed by atoms with E-state index < -0.39 is 5.72 Å². The van der Waals surface area contributed by atoms with Crippen molar-refractivity contribution in [1.82, 2.24) is 0 Å². The Kier molecular flexibility index (Phi) is 4.92. The molecular formula is C23H29N2O2+. The summed E-state index contributed by atoms with van der Waals surface area (Å²) in [5.74, 6) is 2.09. The molecule has 2 aliphatic heterocycles. The molecule has 2 aromatic rings. The third kappa shape index (κ3) is 3.34. The van der Waals surface area contributed by atoms with Crippen LogP contribution in [-0.4, -0.2) is 35.2 Å². The van der Waals surface area contributed by atoms with Crippen LogP contribution in [0.4, 0.5) is 5.69 Å². The number of hydrogen-bond donors (Lipinski definition) is 1. The van der Waals surface area contributed by atoms with E-state index in [9.17, 15) is 5.11 Å². The molecule has 4 nitrogen and oxygen atoms in total.